The molecule has 1 aromatic rings. The Kier molecular flexibility index (Phi) is 7.71. The largest absolute Gasteiger partial charge is 0.464 e. The molecular formula is C14H16ClFO5. The second-order valence-corrected chi connectivity index (χ2v) is 4.50. The predicted octanol–water partition coefficient (Wildman–Crippen LogP) is 2.74. The van der Waals surface area contributed by atoms with Gasteiger partial charge in [0.1, 0.15) is 13.2 Å². The first-order valence-corrected chi connectivity index (χ1v) is 6.80. The molecule has 0 aromatic heterocycles. The molecule has 5 nitrogen and oxygen atoms in total. The van der Waals surface area contributed by atoms with Gasteiger partial charge in [0.2, 0.25) is 0 Å². The third kappa shape index (κ3) is 6.55. The number of para-hydroxylation sites is 1. The van der Waals surface area contributed by atoms with E-state index in [4.69, 9.17) is 25.8 Å². The number of hydrogen-bond donors (Lipinski definition) is 0. The third-order valence-corrected chi connectivity index (χ3v) is 2.63. The Morgan fingerprint density at radius 1 is 1.24 bits per heavy atom. The predicted molar refractivity (Wildman–Crippen MR) is 73.7 cm³/mol. The summed E-state index contributed by atoms with van der Waals surface area (Å²) in [4.78, 5) is 22.6. The van der Waals surface area contributed by atoms with Gasteiger partial charge in [-0.25, -0.2) is 14.0 Å². The number of unbranched alkanes of at least 4 members (excludes halogenated alkanes) is 1. The van der Waals surface area contributed by atoms with Crippen LogP contribution in [0.15, 0.2) is 18.2 Å². The Bertz CT molecular complexity index is 472. The van der Waals surface area contributed by atoms with Crippen LogP contribution in [0.5, 0.6) is 5.75 Å². The zero-order valence-corrected chi connectivity index (χ0v) is 12.3. The van der Waals surface area contributed by atoms with E-state index in [1.165, 1.54) is 12.1 Å². The van der Waals surface area contributed by atoms with Gasteiger partial charge in [0, 0.05) is 0 Å². The van der Waals surface area contributed by atoms with Crippen molar-refractivity contribution in [1.29, 1.82) is 0 Å². The number of ether oxygens (including phenoxy) is 3. The molecular weight excluding hydrogens is 303 g/mol. The van der Waals surface area contributed by atoms with Gasteiger partial charge in [0.25, 0.3) is 0 Å². The molecule has 116 valence electrons. The maximum atomic E-state index is 13.4. The van der Waals surface area contributed by atoms with Crippen LogP contribution in [0.25, 0.3) is 0 Å². The van der Waals surface area contributed by atoms with E-state index < -0.39 is 24.4 Å². The summed E-state index contributed by atoms with van der Waals surface area (Å²) in [6, 6.07) is 3.89. The molecule has 0 saturated carbocycles. The second kappa shape index (κ2) is 9.31. The lowest BCUT2D eigenvalue weighted by atomic mass is 10.3. The van der Waals surface area contributed by atoms with E-state index in [2.05, 4.69) is 0 Å². The van der Waals surface area contributed by atoms with Crippen LogP contribution in [0.2, 0.25) is 5.02 Å². The molecule has 0 N–H and O–H groups in total. The molecule has 0 aliphatic rings. The van der Waals surface area contributed by atoms with E-state index >= 15 is 0 Å². The van der Waals surface area contributed by atoms with Crippen LogP contribution in [0.4, 0.5) is 4.39 Å². The summed E-state index contributed by atoms with van der Waals surface area (Å²) in [6.07, 6.45) is 1.67. The molecule has 0 fully saturated rings. The van der Waals surface area contributed by atoms with Crippen molar-refractivity contribution in [3.8, 4) is 5.75 Å². The molecule has 0 aliphatic heterocycles. The van der Waals surface area contributed by atoms with Crippen molar-refractivity contribution in [3.63, 3.8) is 0 Å². The van der Waals surface area contributed by atoms with E-state index in [1.807, 2.05) is 6.92 Å². The minimum absolute atomic E-state index is 0.0256. The molecule has 21 heavy (non-hydrogen) atoms. The van der Waals surface area contributed by atoms with Gasteiger partial charge in [0.05, 0.1) is 11.6 Å². The molecule has 0 saturated heterocycles. The highest BCUT2D eigenvalue weighted by Crippen LogP contribution is 2.27. The van der Waals surface area contributed by atoms with Crippen LogP contribution in [-0.2, 0) is 19.1 Å². The van der Waals surface area contributed by atoms with Crippen molar-refractivity contribution in [1.82, 2.24) is 0 Å². The molecule has 0 bridgehead atoms. The van der Waals surface area contributed by atoms with Crippen LogP contribution in [-0.4, -0.2) is 31.8 Å². The summed E-state index contributed by atoms with van der Waals surface area (Å²) in [5.41, 5.74) is 0. The van der Waals surface area contributed by atoms with Crippen molar-refractivity contribution in [2.75, 3.05) is 19.8 Å². The quantitative estimate of drug-likeness (QED) is 0.419. The summed E-state index contributed by atoms with van der Waals surface area (Å²) in [5.74, 6) is -2.54. The van der Waals surface area contributed by atoms with Gasteiger partial charge in [0.15, 0.2) is 11.6 Å². The Morgan fingerprint density at radius 2 is 1.95 bits per heavy atom. The Balaban J connectivity index is 2.30. The monoisotopic (exact) mass is 318 g/mol. The summed E-state index contributed by atoms with van der Waals surface area (Å²) in [7, 11) is 0. The van der Waals surface area contributed by atoms with E-state index in [0.717, 1.165) is 18.9 Å². The van der Waals surface area contributed by atoms with Crippen molar-refractivity contribution in [3.05, 3.63) is 29.0 Å². The Labute approximate surface area is 126 Å². The number of rotatable bonds is 8. The van der Waals surface area contributed by atoms with E-state index in [0.29, 0.717) is 6.61 Å². The minimum atomic E-state index is -0.858. The molecule has 1 aromatic carbocycles. The molecule has 0 unspecified atom stereocenters. The highest BCUT2D eigenvalue weighted by atomic mass is 35.5. The van der Waals surface area contributed by atoms with Crippen molar-refractivity contribution >= 4 is 23.5 Å². The number of benzene rings is 1. The molecule has 7 heteroatoms. The smallest absolute Gasteiger partial charge is 0.337 e. The van der Waals surface area contributed by atoms with E-state index in [1.54, 1.807) is 0 Å². The van der Waals surface area contributed by atoms with Gasteiger partial charge < -0.3 is 14.2 Å². The molecule has 1 rings (SSSR count). The maximum absolute atomic E-state index is 13.4. The van der Waals surface area contributed by atoms with Crippen molar-refractivity contribution in [2.24, 2.45) is 0 Å². The Morgan fingerprint density at radius 3 is 2.62 bits per heavy atom. The molecule has 0 amide bonds. The van der Waals surface area contributed by atoms with Crippen molar-refractivity contribution < 1.29 is 28.2 Å². The van der Waals surface area contributed by atoms with Gasteiger partial charge in [-0.3, -0.25) is 0 Å². The van der Waals surface area contributed by atoms with E-state index in [-0.39, 0.29) is 17.4 Å². The number of hydrogen-bond acceptors (Lipinski definition) is 5. The SMILES string of the molecule is CCCCOC(=O)COCC(=O)Oc1c(F)cccc1Cl. The average molecular weight is 319 g/mol. The molecule has 0 aliphatic carbocycles. The zero-order chi connectivity index (χ0) is 15.7. The molecule has 0 radical (unpaired) electrons. The number of carbonyl (C=O) groups is 2. The van der Waals surface area contributed by atoms with Crippen LogP contribution >= 0.6 is 11.6 Å². The molecule has 0 heterocycles. The molecule has 0 spiro atoms. The van der Waals surface area contributed by atoms with Crippen molar-refractivity contribution in [2.45, 2.75) is 19.8 Å². The lowest BCUT2D eigenvalue weighted by Gasteiger charge is -2.07. The fourth-order valence-electron chi connectivity index (χ4n) is 1.31. The molecule has 0 atom stereocenters. The summed E-state index contributed by atoms with van der Waals surface area (Å²) in [5, 5.41) is -0.0256. The van der Waals surface area contributed by atoms with Gasteiger partial charge in [-0.2, -0.15) is 0 Å². The highest BCUT2D eigenvalue weighted by molar-refractivity contribution is 6.32. The first-order chi connectivity index (χ1) is 10.0. The van der Waals surface area contributed by atoms with Gasteiger partial charge >= 0.3 is 11.9 Å². The van der Waals surface area contributed by atoms with Crippen LogP contribution in [0, 0.1) is 5.82 Å². The van der Waals surface area contributed by atoms with Gasteiger partial charge in [-0.05, 0) is 18.6 Å². The summed E-state index contributed by atoms with van der Waals surface area (Å²) < 4.78 is 27.7. The normalized spacial score (nSPS) is 10.2. The standard InChI is InChI=1S/C14H16ClFO5/c1-2-3-7-20-12(17)8-19-9-13(18)21-14-10(15)5-4-6-11(14)16/h4-6H,2-3,7-9H2,1H3. The first-order valence-electron chi connectivity index (χ1n) is 6.42. The zero-order valence-electron chi connectivity index (χ0n) is 11.6. The summed E-state index contributed by atoms with van der Waals surface area (Å²) in [6.45, 7) is 1.40. The third-order valence-electron chi connectivity index (χ3n) is 2.34. The second-order valence-electron chi connectivity index (χ2n) is 4.09. The fourth-order valence-corrected chi connectivity index (χ4v) is 1.51. The van der Waals surface area contributed by atoms with Crippen LogP contribution in [0.1, 0.15) is 19.8 Å². The number of halogens is 2. The first kappa shape index (κ1) is 17.4. The Hall–Kier alpha value is -1.66. The lowest BCUT2D eigenvalue weighted by Crippen LogP contribution is -2.20. The highest BCUT2D eigenvalue weighted by Gasteiger charge is 2.14. The van der Waals surface area contributed by atoms with Crippen LogP contribution in [0.3, 0.4) is 0 Å². The number of carbonyl (C=O) groups excluding carboxylic acids is 2. The number of esters is 2. The van der Waals surface area contributed by atoms with Crippen LogP contribution < -0.4 is 4.74 Å². The summed E-state index contributed by atoms with van der Waals surface area (Å²) >= 11 is 5.70. The fraction of sp³-hybridized carbons (Fsp3) is 0.429. The maximum Gasteiger partial charge on any atom is 0.337 e. The average Bonchev–Trinajstić information content (AvgIpc) is 2.43. The minimum Gasteiger partial charge on any atom is -0.464 e. The van der Waals surface area contributed by atoms with Gasteiger partial charge in [-0.15, -0.1) is 0 Å². The topological polar surface area (TPSA) is 61.8 Å². The lowest BCUT2D eigenvalue weighted by molar-refractivity contribution is -0.152. The van der Waals surface area contributed by atoms with Gasteiger partial charge in [-0.1, -0.05) is 31.0 Å². The van der Waals surface area contributed by atoms with E-state index in [9.17, 15) is 14.0 Å².